The Kier molecular flexibility index (Phi) is 9.41. The predicted octanol–water partition coefficient (Wildman–Crippen LogP) is -1.29. The van der Waals surface area contributed by atoms with Gasteiger partial charge in [-0.15, -0.1) is 0 Å². The van der Waals surface area contributed by atoms with Crippen LogP contribution in [0.15, 0.2) is 17.6 Å². The van der Waals surface area contributed by atoms with Crippen LogP contribution < -0.4 is 27.0 Å². The number of nitrogens with zero attached hydrogens (tertiary/aromatic N) is 6. The molecule has 0 aliphatic heterocycles. The summed E-state index contributed by atoms with van der Waals surface area (Å²) in [5, 5.41) is 14.7. The molecule has 0 spiro atoms. The third-order valence-electron chi connectivity index (χ3n) is 4.38. The molecule has 2 rings (SSSR count). The number of nitrogens with one attached hydrogen (secondary N) is 2. The van der Waals surface area contributed by atoms with Crippen molar-refractivity contribution in [2.24, 2.45) is 16.5 Å². The number of amides is 1. The molecule has 14 nitrogen and oxygen atoms in total. The summed E-state index contributed by atoms with van der Waals surface area (Å²) >= 11 is 0. The van der Waals surface area contributed by atoms with Crippen molar-refractivity contribution < 1.29 is 19.4 Å². The second-order valence-electron chi connectivity index (χ2n) is 7.07. The first kappa shape index (κ1) is 24.6. The molecule has 176 valence electrons. The molecule has 0 bridgehead atoms. The van der Waals surface area contributed by atoms with Crippen molar-refractivity contribution in [2.45, 2.75) is 25.4 Å². The number of carbonyl (C=O) groups is 2. The number of ether oxygens (including phenoxy) is 1. The van der Waals surface area contributed by atoms with Gasteiger partial charge in [0.25, 0.3) is 0 Å². The Morgan fingerprint density at radius 3 is 2.75 bits per heavy atom. The second kappa shape index (κ2) is 12.2. The Morgan fingerprint density at radius 2 is 2.06 bits per heavy atom. The van der Waals surface area contributed by atoms with E-state index in [0.717, 1.165) is 17.0 Å². The standard InChI is InChI=1S/C18H30N10O4/c1-27(2)14-13-15(24-10-23-14)28(11-25-13)8-6-21-7-9-32-18(31)26-12(16(29)30)4-3-5-22-17(19)20/h10-12,21H,3-9H2,1-2H3,(H,26,31)(H,29,30)(H4,19,20,22)/t12-/m1/s1. The Bertz CT molecular complexity index is 926. The zero-order valence-electron chi connectivity index (χ0n) is 18.2. The van der Waals surface area contributed by atoms with Crippen LogP contribution in [0.4, 0.5) is 10.6 Å². The average molecular weight is 451 g/mol. The lowest BCUT2D eigenvalue weighted by atomic mass is 10.1. The molecule has 2 aromatic heterocycles. The van der Waals surface area contributed by atoms with Crippen LogP contribution >= 0.6 is 0 Å². The number of anilines is 1. The Morgan fingerprint density at radius 1 is 1.28 bits per heavy atom. The molecule has 0 saturated heterocycles. The number of hydrogen-bond acceptors (Lipinski definition) is 9. The Labute approximate surface area is 185 Å². The molecule has 0 aliphatic rings. The SMILES string of the molecule is CN(C)c1ncnc2c1ncn2CCNCCOC(=O)N[C@H](CCCN=C(N)N)C(=O)O. The lowest BCUT2D eigenvalue weighted by Crippen LogP contribution is -2.41. The number of imidazole rings is 1. The monoisotopic (exact) mass is 450 g/mol. The van der Waals surface area contributed by atoms with Gasteiger partial charge in [0.05, 0.1) is 6.33 Å². The number of carboxylic acids is 1. The number of aliphatic imine (C=N–C) groups is 1. The van der Waals surface area contributed by atoms with Gasteiger partial charge in [-0.3, -0.25) is 4.99 Å². The first-order chi connectivity index (χ1) is 15.3. The minimum absolute atomic E-state index is 0.0652. The highest BCUT2D eigenvalue weighted by atomic mass is 16.5. The van der Waals surface area contributed by atoms with Gasteiger partial charge in [-0.05, 0) is 12.8 Å². The fourth-order valence-electron chi connectivity index (χ4n) is 2.84. The van der Waals surface area contributed by atoms with Crippen LogP contribution in [0, 0.1) is 0 Å². The van der Waals surface area contributed by atoms with Gasteiger partial charge >= 0.3 is 12.1 Å². The molecule has 14 heteroatoms. The summed E-state index contributed by atoms with van der Waals surface area (Å²) in [6, 6.07) is -1.08. The van der Waals surface area contributed by atoms with Crippen molar-refractivity contribution in [3.63, 3.8) is 0 Å². The van der Waals surface area contributed by atoms with Gasteiger partial charge in [0, 0.05) is 40.3 Å². The van der Waals surface area contributed by atoms with E-state index in [1.165, 1.54) is 6.33 Å². The highest BCUT2D eigenvalue weighted by Gasteiger charge is 2.20. The van der Waals surface area contributed by atoms with Gasteiger partial charge in [-0.25, -0.2) is 24.5 Å². The van der Waals surface area contributed by atoms with Gasteiger partial charge < -0.3 is 41.4 Å². The quantitative estimate of drug-likeness (QED) is 0.138. The molecule has 0 aliphatic carbocycles. The summed E-state index contributed by atoms with van der Waals surface area (Å²) in [7, 11) is 3.79. The van der Waals surface area contributed by atoms with E-state index in [4.69, 9.17) is 16.2 Å². The molecular formula is C18H30N10O4. The van der Waals surface area contributed by atoms with Gasteiger partial charge in [-0.2, -0.15) is 0 Å². The zero-order chi connectivity index (χ0) is 23.5. The summed E-state index contributed by atoms with van der Waals surface area (Å²) < 4.78 is 6.94. The lowest BCUT2D eigenvalue weighted by molar-refractivity contribution is -0.139. The molecule has 2 aromatic rings. The number of aliphatic carboxylic acids is 1. The van der Waals surface area contributed by atoms with E-state index in [1.807, 2.05) is 23.6 Å². The predicted molar refractivity (Wildman–Crippen MR) is 118 cm³/mol. The summed E-state index contributed by atoms with van der Waals surface area (Å²) in [4.78, 5) is 41.6. The molecular weight excluding hydrogens is 420 g/mol. The second-order valence-corrected chi connectivity index (χ2v) is 7.07. The van der Waals surface area contributed by atoms with Crippen LogP contribution in [0.1, 0.15) is 12.8 Å². The molecule has 32 heavy (non-hydrogen) atoms. The average Bonchev–Trinajstić information content (AvgIpc) is 3.15. The number of aromatic nitrogens is 4. The van der Waals surface area contributed by atoms with E-state index in [-0.39, 0.29) is 25.5 Å². The number of carboxylic acid groups (broad SMARTS) is 1. The van der Waals surface area contributed by atoms with Crippen molar-refractivity contribution in [3.8, 4) is 0 Å². The minimum Gasteiger partial charge on any atom is -0.480 e. The van der Waals surface area contributed by atoms with Gasteiger partial charge in [0.2, 0.25) is 0 Å². The molecule has 0 saturated carbocycles. The highest BCUT2D eigenvalue weighted by molar-refractivity contribution is 5.83. The normalized spacial score (nSPS) is 11.7. The largest absolute Gasteiger partial charge is 0.480 e. The van der Waals surface area contributed by atoms with Crippen LogP contribution in [0.5, 0.6) is 0 Å². The maximum Gasteiger partial charge on any atom is 0.407 e. The molecule has 0 radical (unpaired) electrons. The smallest absolute Gasteiger partial charge is 0.407 e. The fourth-order valence-corrected chi connectivity index (χ4v) is 2.84. The number of hydrogen-bond donors (Lipinski definition) is 5. The van der Waals surface area contributed by atoms with E-state index in [2.05, 4.69) is 30.6 Å². The number of carbonyl (C=O) groups excluding carboxylic acids is 1. The number of nitrogens with two attached hydrogens (primary N) is 2. The van der Waals surface area contributed by atoms with Crippen LogP contribution in [-0.2, 0) is 16.1 Å². The molecule has 2 heterocycles. The minimum atomic E-state index is -1.15. The van der Waals surface area contributed by atoms with E-state index < -0.39 is 18.1 Å². The van der Waals surface area contributed by atoms with E-state index in [1.54, 1.807) is 6.33 Å². The first-order valence-electron chi connectivity index (χ1n) is 10.0. The van der Waals surface area contributed by atoms with Crippen molar-refractivity contribution in [1.29, 1.82) is 0 Å². The number of fused-ring (bicyclic) bond motifs is 1. The van der Waals surface area contributed by atoms with Crippen molar-refractivity contribution in [1.82, 2.24) is 30.2 Å². The van der Waals surface area contributed by atoms with E-state index in [9.17, 15) is 14.7 Å². The fraction of sp³-hybridized carbons (Fsp3) is 0.556. The summed E-state index contributed by atoms with van der Waals surface area (Å²) in [6.07, 6.45) is 2.99. The molecule has 0 fully saturated rings. The van der Waals surface area contributed by atoms with Crippen molar-refractivity contribution in [2.75, 3.05) is 45.2 Å². The van der Waals surface area contributed by atoms with Gasteiger partial charge in [0.15, 0.2) is 22.9 Å². The zero-order valence-corrected chi connectivity index (χ0v) is 18.2. The molecule has 1 atom stereocenters. The number of rotatable bonds is 13. The summed E-state index contributed by atoms with van der Waals surface area (Å²) in [6.45, 7) is 1.98. The Balaban J connectivity index is 1.67. The molecule has 0 unspecified atom stereocenters. The Hall–Kier alpha value is -3.68. The van der Waals surface area contributed by atoms with Crippen LogP contribution in [0.3, 0.4) is 0 Å². The summed E-state index contributed by atoms with van der Waals surface area (Å²) in [5.41, 5.74) is 11.9. The van der Waals surface area contributed by atoms with Gasteiger partial charge in [-0.1, -0.05) is 0 Å². The molecule has 7 N–H and O–H groups in total. The van der Waals surface area contributed by atoms with Gasteiger partial charge in [0.1, 0.15) is 19.0 Å². The lowest BCUT2D eigenvalue weighted by Gasteiger charge is -2.14. The first-order valence-corrected chi connectivity index (χ1v) is 10.0. The van der Waals surface area contributed by atoms with Crippen LogP contribution in [0.25, 0.3) is 11.2 Å². The van der Waals surface area contributed by atoms with E-state index in [0.29, 0.717) is 26.1 Å². The van der Waals surface area contributed by atoms with Crippen molar-refractivity contribution >= 4 is 35.0 Å². The number of alkyl carbamates (subject to hydrolysis) is 1. The van der Waals surface area contributed by atoms with Crippen LogP contribution in [0.2, 0.25) is 0 Å². The third-order valence-corrected chi connectivity index (χ3v) is 4.38. The molecule has 0 aromatic carbocycles. The maximum atomic E-state index is 11.8. The van der Waals surface area contributed by atoms with Crippen molar-refractivity contribution in [3.05, 3.63) is 12.7 Å². The highest BCUT2D eigenvalue weighted by Crippen LogP contribution is 2.18. The summed E-state index contributed by atoms with van der Waals surface area (Å²) in [5.74, 6) is -0.472. The van der Waals surface area contributed by atoms with Crippen LogP contribution in [-0.4, -0.2) is 89.0 Å². The molecule has 1 amide bonds. The topological polar surface area (TPSA) is 199 Å². The third kappa shape index (κ3) is 7.54. The maximum absolute atomic E-state index is 11.8. The number of guanidine groups is 1. The van der Waals surface area contributed by atoms with E-state index >= 15 is 0 Å².